The molecule has 1 aliphatic heterocycles. The molecule has 25 heavy (non-hydrogen) atoms. The second-order valence-corrected chi connectivity index (χ2v) is 7.93. The molecule has 0 spiro atoms. The lowest BCUT2D eigenvalue weighted by molar-refractivity contribution is -0.132. The first-order valence-corrected chi connectivity index (χ1v) is 10.1. The van der Waals surface area contributed by atoms with Crippen LogP contribution in [-0.2, 0) is 28.7 Å². The maximum absolute atomic E-state index is 12.9. The van der Waals surface area contributed by atoms with Gasteiger partial charge in [-0.05, 0) is 36.2 Å². The predicted octanol–water partition coefficient (Wildman–Crippen LogP) is 4.34. The van der Waals surface area contributed by atoms with Gasteiger partial charge < -0.3 is 9.62 Å². The summed E-state index contributed by atoms with van der Waals surface area (Å²) in [5.41, 5.74) is 3.51. The highest BCUT2D eigenvalue weighted by Gasteiger charge is 2.32. The highest BCUT2D eigenvalue weighted by atomic mass is 35.5. The van der Waals surface area contributed by atoms with Gasteiger partial charge in [-0.15, -0.1) is 0 Å². The number of rotatable bonds is 4. The minimum absolute atomic E-state index is 0.0396. The summed E-state index contributed by atoms with van der Waals surface area (Å²) in [6, 6.07) is 11.0. The molecule has 2 aromatic carbocycles. The summed E-state index contributed by atoms with van der Waals surface area (Å²) < 4.78 is 14.5. The van der Waals surface area contributed by atoms with Gasteiger partial charge in [-0.3, -0.25) is 4.79 Å². The fourth-order valence-corrected chi connectivity index (χ4v) is 4.19. The average molecular weight is 397 g/mol. The number of carbonyl (C=O) groups is 1. The number of fused-ring (bicyclic) bond motifs is 1. The van der Waals surface area contributed by atoms with Crippen LogP contribution in [0.3, 0.4) is 0 Å². The van der Waals surface area contributed by atoms with Crippen molar-refractivity contribution < 1.29 is 9.00 Å². The Kier molecular flexibility index (Phi) is 5.37. The third-order valence-electron chi connectivity index (χ3n) is 4.42. The molecule has 2 unspecified atom stereocenters. The van der Waals surface area contributed by atoms with E-state index in [-0.39, 0.29) is 18.4 Å². The summed E-state index contributed by atoms with van der Waals surface area (Å²) in [4.78, 5) is 14.7. The van der Waals surface area contributed by atoms with Crippen molar-refractivity contribution in [3.8, 4) is 0 Å². The zero-order valence-corrected chi connectivity index (χ0v) is 16.2. The van der Waals surface area contributed by atoms with Gasteiger partial charge in [0.05, 0.1) is 18.2 Å². The van der Waals surface area contributed by atoms with Gasteiger partial charge in [0, 0.05) is 28.4 Å². The van der Waals surface area contributed by atoms with E-state index in [4.69, 9.17) is 23.2 Å². The van der Waals surface area contributed by atoms with E-state index >= 15 is 0 Å². The molecule has 1 heterocycles. The van der Waals surface area contributed by atoms with Gasteiger partial charge in [0.25, 0.3) is 0 Å². The van der Waals surface area contributed by atoms with Crippen molar-refractivity contribution in [2.75, 3.05) is 11.0 Å². The van der Waals surface area contributed by atoms with Crippen molar-refractivity contribution in [2.45, 2.75) is 25.9 Å². The molecule has 1 aliphatic rings. The van der Waals surface area contributed by atoms with E-state index in [1.54, 1.807) is 29.4 Å². The van der Waals surface area contributed by atoms with Gasteiger partial charge in [-0.1, -0.05) is 41.4 Å². The van der Waals surface area contributed by atoms with Crippen molar-refractivity contribution >= 4 is 45.8 Å². The molecule has 4 nitrogen and oxygen atoms in total. The van der Waals surface area contributed by atoms with E-state index in [2.05, 4.69) is 4.72 Å². The third-order valence-corrected chi connectivity index (χ3v) is 5.64. The highest BCUT2D eigenvalue weighted by molar-refractivity contribution is 7.85. The monoisotopic (exact) mass is 396 g/mol. The third kappa shape index (κ3) is 3.68. The van der Waals surface area contributed by atoms with Crippen LogP contribution in [0.1, 0.15) is 29.7 Å². The molecule has 0 saturated carbocycles. The molecule has 2 aromatic rings. The van der Waals surface area contributed by atoms with Crippen molar-refractivity contribution in [3.63, 3.8) is 0 Å². The van der Waals surface area contributed by atoms with Crippen LogP contribution in [0.5, 0.6) is 0 Å². The lowest BCUT2D eigenvalue weighted by atomic mass is 10.0. The Balaban J connectivity index is 1.85. The SMILES string of the molecule is CC1c2cccc(NS(C)=O)c2CN1C(=O)Cc1c(Cl)cccc1Cl. The lowest BCUT2D eigenvalue weighted by Crippen LogP contribution is -2.29. The van der Waals surface area contributed by atoms with Crippen molar-refractivity contribution in [1.29, 1.82) is 0 Å². The van der Waals surface area contributed by atoms with E-state index in [0.29, 0.717) is 22.2 Å². The van der Waals surface area contributed by atoms with E-state index in [1.165, 1.54) is 0 Å². The number of nitrogens with one attached hydrogen (secondary N) is 1. The van der Waals surface area contributed by atoms with Crippen LogP contribution >= 0.6 is 23.2 Å². The Morgan fingerprint density at radius 1 is 1.24 bits per heavy atom. The van der Waals surface area contributed by atoms with Crippen molar-refractivity contribution in [2.24, 2.45) is 0 Å². The van der Waals surface area contributed by atoms with E-state index in [1.807, 2.05) is 25.1 Å². The molecule has 2 atom stereocenters. The summed E-state index contributed by atoms with van der Waals surface area (Å²) in [6.45, 7) is 2.46. The maximum Gasteiger partial charge on any atom is 0.227 e. The summed E-state index contributed by atoms with van der Waals surface area (Å²) in [5, 5.41) is 0.989. The normalized spacial score (nSPS) is 17.3. The molecule has 132 valence electrons. The number of halogens is 2. The summed E-state index contributed by atoms with van der Waals surface area (Å²) in [7, 11) is -1.17. The Morgan fingerprint density at radius 3 is 2.52 bits per heavy atom. The number of nitrogens with zero attached hydrogens (tertiary/aromatic N) is 1. The zero-order valence-electron chi connectivity index (χ0n) is 13.9. The van der Waals surface area contributed by atoms with Crippen molar-refractivity contribution in [3.05, 3.63) is 63.1 Å². The molecule has 0 fully saturated rings. The fourth-order valence-electron chi connectivity index (χ4n) is 3.16. The van der Waals surface area contributed by atoms with Crippen LogP contribution in [-0.4, -0.2) is 21.3 Å². The topological polar surface area (TPSA) is 49.4 Å². The minimum Gasteiger partial charge on any atom is -0.331 e. The number of hydrogen-bond acceptors (Lipinski definition) is 2. The predicted molar refractivity (Wildman–Crippen MR) is 103 cm³/mol. The molecule has 0 aliphatic carbocycles. The summed E-state index contributed by atoms with van der Waals surface area (Å²) in [6.07, 6.45) is 1.74. The first-order chi connectivity index (χ1) is 11.9. The quantitative estimate of drug-likeness (QED) is 0.834. The summed E-state index contributed by atoms with van der Waals surface area (Å²) >= 11 is 12.4. The van der Waals surface area contributed by atoms with E-state index < -0.39 is 11.0 Å². The Morgan fingerprint density at radius 2 is 1.88 bits per heavy atom. The van der Waals surface area contributed by atoms with Gasteiger partial charge in [0.1, 0.15) is 11.0 Å². The number of hydrogen-bond donors (Lipinski definition) is 1. The first kappa shape index (κ1) is 18.2. The highest BCUT2D eigenvalue weighted by Crippen LogP contribution is 2.38. The van der Waals surface area contributed by atoms with Gasteiger partial charge in [0.15, 0.2) is 0 Å². The number of anilines is 1. The average Bonchev–Trinajstić information content (AvgIpc) is 2.89. The van der Waals surface area contributed by atoms with Gasteiger partial charge in [0.2, 0.25) is 5.91 Å². The molecular weight excluding hydrogens is 379 g/mol. The second-order valence-electron chi connectivity index (χ2n) is 6.00. The number of amides is 1. The number of benzene rings is 2. The van der Waals surface area contributed by atoms with E-state index in [9.17, 15) is 9.00 Å². The Hall–Kier alpha value is -1.56. The molecule has 7 heteroatoms. The van der Waals surface area contributed by atoms with Crippen molar-refractivity contribution in [1.82, 2.24) is 4.90 Å². The van der Waals surface area contributed by atoms with Crippen LogP contribution < -0.4 is 4.72 Å². The van der Waals surface area contributed by atoms with Crippen LogP contribution in [0.4, 0.5) is 5.69 Å². The Labute approximate surface area is 159 Å². The first-order valence-electron chi connectivity index (χ1n) is 7.82. The van der Waals surface area contributed by atoms with Crippen LogP contribution in [0.15, 0.2) is 36.4 Å². The Bertz CT molecular complexity index is 837. The minimum atomic E-state index is -1.17. The standard InChI is InChI=1S/C18H18Cl2N2O2S/c1-11-12-5-3-8-17(21-25(2)24)14(12)10-22(11)18(23)9-13-15(19)6-4-7-16(13)20/h3-8,11,21H,9-10H2,1-2H3. The summed E-state index contributed by atoms with van der Waals surface area (Å²) in [5.74, 6) is -0.0396. The van der Waals surface area contributed by atoms with Crippen LogP contribution in [0.2, 0.25) is 10.0 Å². The maximum atomic E-state index is 12.9. The van der Waals surface area contributed by atoms with E-state index in [0.717, 1.165) is 16.8 Å². The van der Waals surface area contributed by atoms with Gasteiger partial charge in [-0.25, -0.2) is 4.21 Å². The molecule has 1 amide bonds. The molecule has 0 saturated heterocycles. The second kappa shape index (κ2) is 7.36. The van der Waals surface area contributed by atoms with Crippen LogP contribution in [0.25, 0.3) is 0 Å². The fraction of sp³-hybridized carbons (Fsp3) is 0.278. The molecular formula is C18H18Cl2N2O2S. The largest absolute Gasteiger partial charge is 0.331 e. The van der Waals surface area contributed by atoms with Gasteiger partial charge >= 0.3 is 0 Å². The number of carbonyl (C=O) groups excluding carboxylic acids is 1. The molecule has 1 N–H and O–H groups in total. The zero-order chi connectivity index (χ0) is 18.1. The molecule has 0 bridgehead atoms. The smallest absolute Gasteiger partial charge is 0.227 e. The molecule has 0 radical (unpaired) electrons. The van der Waals surface area contributed by atoms with Crippen LogP contribution in [0, 0.1) is 0 Å². The molecule has 3 rings (SSSR count). The lowest BCUT2D eigenvalue weighted by Gasteiger charge is -2.22. The van der Waals surface area contributed by atoms with Gasteiger partial charge in [-0.2, -0.15) is 0 Å². The molecule has 0 aromatic heterocycles.